The maximum absolute atomic E-state index is 13.3. The van der Waals surface area contributed by atoms with Crippen LogP contribution in [-0.2, 0) is 13.6 Å². The van der Waals surface area contributed by atoms with Gasteiger partial charge in [0.15, 0.2) is 0 Å². The molecular formula is C23H32NO3P. The van der Waals surface area contributed by atoms with Gasteiger partial charge in [-0.15, -0.1) is 0 Å². The quantitative estimate of drug-likeness (QED) is 0.472. The minimum absolute atomic E-state index is 0.141. The van der Waals surface area contributed by atoms with Crippen molar-refractivity contribution in [2.24, 2.45) is 0 Å². The molecule has 2 aromatic rings. The first kappa shape index (κ1) is 22.6. The third-order valence-corrected chi connectivity index (χ3v) is 6.07. The van der Waals surface area contributed by atoms with Gasteiger partial charge in [0.2, 0.25) is 0 Å². The van der Waals surface area contributed by atoms with E-state index in [1.54, 1.807) is 5.82 Å². The van der Waals surface area contributed by atoms with Gasteiger partial charge >= 0.3 is 7.60 Å². The van der Waals surface area contributed by atoms with Gasteiger partial charge in [0.25, 0.3) is 0 Å². The normalized spacial score (nSPS) is 13.7. The molecule has 0 aliphatic heterocycles. The van der Waals surface area contributed by atoms with Crippen LogP contribution in [0.5, 0.6) is 0 Å². The van der Waals surface area contributed by atoms with Crippen molar-refractivity contribution in [3.8, 4) is 0 Å². The molecule has 0 saturated carbocycles. The first-order valence-corrected chi connectivity index (χ1v) is 11.5. The van der Waals surface area contributed by atoms with Crippen molar-refractivity contribution in [1.29, 1.82) is 0 Å². The standard InChI is InChI=1S/C23H32NO3P/c1-6-26-28(25,27-7-2)17-22(20-11-9-8-10-12-20)23(24-18(3)4)21-15-13-19(5)14-16-21/h8-18,23-24H,6-7H2,1-5H3/b22-17+. The van der Waals surface area contributed by atoms with Gasteiger partial charge in [-0.1, -0.05) is 60.2 Å². The molecule has 1 atom stereocenters. The van der Waals surface area contributed by atoms with E-state index in [1.165, 1.54) is 5.56 Å². The lowest BCUT2D eigenvalue weighted by Gasteiger charge is -2.27. The summed E-state index contributed by atoms with van der Waals surface area (Å²) < 4.78 is 24.4. The molecule has 0 heterocycles. The number of hydrogen-bond acceptors (Lipinski definition) is 4. The predicted molar refractivity (Wildman–Crippen MR) is 117 cm³/mol. The summed E-state index contributed by atoms with van der Waals surface area (Å²) in [7, 11) is -3.37. The van der Waals surface area contributed by atoms with E-state index in [-0.39, 0.29) is 12.1 Å². The minimum Gasteiger partial charge on any atom is -0.306 e. The zero-order chi connectivity index (χ0) is 20.6. The highest BCUT2D eigenvalue weighted by atomic mass is 31.2. The van der Waals surface area contributed by atoms with Gasteiger partial charge in [-0.3, -0.25) is 4.57 Å². The summed E-state index contributed by atoms with van der Waals surface area (Å²) in [5.74, 6) is 1.69. The van der Waals surface area contributed by atoms with Crippen molar-refractivity contribution < 1.29 is 13.6 Å². The van der Waals surface area contributed by atoms with Crippen LogP contribution in [0, 0.1) is 6.92 Å². The summed E-state index contributed by atoms with van der Waals surface area (Å²) >= 11 is 0. The summed E-state index contributed by atoms with van der Waals surface area (Å²) in [6, 6.07) is 18.5. The lowest BCUT2D eigenvalue weighted by atomic mass is 9.93. The van der Waals surface area contributed by atoms with E-state index >= 15 is 0 Å². The highest BCUT2D eigenvalue weighted by molar-refractivity contribution is 7.57. The molecule has 0 aliphatic carbocycles. The van der Waals surface area contributed by atoms with Crippen LogP contribution in [0.4, 0.5) is 0 Å². The van der Waals surface area contributed by atoms with Crippen molar-refractivity contribution in [3.63, 3.8) is 0 Å². The van der Waals surface area contributed by atoms with Crippen LogP contribution < -0.4 is 5.32 Å². The fourth-order valence-electron chi connectivity index (χ4n) is 3.05. The molecule has 5 heteroatoms. The smallest absolute Gasteiger partial charge is 0.306 e. The highest BCUT2D eigenvalue weighted by Gasteiger charge is 2.27. The van der Waals surface area contributed by atoms with Gasteiger partial charge in [0.1, 0.15) is 0 Å². The summed E-state index contributed by atoms with van der Waals surface area (Å²) in [4.78, 5) is 0. The van der Waals surface area contributed by atoms with Crippen molar-refractivity contribution in [2.45, 2.75) is 46.7 Å². The van der Waals surface area contributed by atoms with E-state index in [2.05, 4.69) is 50.4 Å². The molecule has 0 aliphatic rings. The molecule has 1 N–H and O–H groups in total. The zero-order valence-electron chi connectivity index (χ0n) is 17.5. The molecule has 0 aromatic heterocycles. The fourth-order valence-corrected chi connectivity index (χ4v) is 4.63. The Morgan fingerprint density at radius 1 is 1.00 bits per heavy atom. The number of nitrogens with one attached hydrogen (secondary N) is 1. The maximum Gasteiger partial charge on any atom is 0.354 e. The second kappa shape index (κ2) is 10.7. The van der Waals surface area contributed by atoms with E-state index in [1.807, 2.05) is 44.2 Å². The molecule has 0 spiro atoms. The SMILES string of the molecule is CCOP(=O)(/C=C(\c1ccccc1)C(NC(C)C)c1ccc(C)cc1)OCC. The maximum atomic E-state index is 13.3. The molecule has 0 bridgehead atoms. The molecule has 2 aromatic carbocycles. The van der Waals surface area contributed by atoms with Crippen molar-refractivity contribution in [1.82, 2.24) is 5.32 Å². The van der Waals surface area contributed by atoms with Crippen LogP contribution in [0.2, 0.25) is 0 Å². The number of aryl methyl sites for hydroxylation is 1. The molecule has 28 heavy (non-hydrogen) atoms. The van der Waals surface area contributed by atoms with Gasteiger partial charge in [0, 0.05) is 11.9 Å². The molecule has 0 saturated heterocycles. The molecule has 1 unspecified atom stereocenters. The highest BCUT2D eigenvalue weighted by Crippen LogP contribution is 2.53. The molecular weight excluding hydrogens is 369 g/mol. The average molecular weight is 401 g/mol. The Balaban J connectivity index is 2.64. The first-order valence-electron chi connectivity index (χ1n) is 9.88. The molecule has 4 nitrogen and oxygen atoms in total. The fraction of sp³-hybridized carbons (Fsp3) is 0.391. The lowest BCUT2D eigenvalue weighted by Crippen LogP contribution is -2.29. The van der Waals surface area contributed by atoms with Crippen LogP contribution in [0.3, 0.4) is 0 Å². The van der Waals surface area contributed by atoms with Gasteiger partial charge < -0.3 is 14.4 Å². The van der Waals surface area contributed by atoms with Gasteiger partial charge in [-0.2, -0.15) is 0 Å². The second-order valence-electron chi connectivity index (χ2n) is 6.99. The van der Waals surface area contributed by atoms with Crippen LogP contribution in [0.1, 0.15) is 50.4 Å². The van der Waals surface area contributed by atoms with Crippen LogP contribution in [0.15, 0.2) is 60.4 Å². The third kappa shape index (κ3) is 6.42. The number of benzene rings is 2. The van der Waals surface area contributed by atoms with Crippen LogP contribution >= 0.6 is 7.60 Å². The van der Waals surface area contributed by atoms with Gasteiger partial charge in [0.05, 0.1) is 19.3 Å². The number of hydrogen-bond donors (Lipinski definition) is 1. The molecule has 0 radical (unpaired) electrons. The molecule has 0 fully saturated rings. The Morgan fingerprint density at radius 2 is 1.57 bits per heavy atom. The Morgan fingerprint density at radius 3 is 2.07 bits per heavy atom. The monoisotopic (exact) mass is 401 g/mol. The molecule has 2 rings (SSSR count). The topological polar surface area (TPSA) is 47.6 Å². The average Bonchev–Trinajstić information content (AvgIpc) is 2.66. The largest absolute Gasteiger partial charge is 0.354 e. The third-order valence-electron chi connectivity index (χ3n) is 4.24. The number of rotatable bonds is 10. The van der Waals surface area contributed by atoms with Crippen LogP contribution in [-0.4, -0.2) is 19.3 Å². The molecule has 0 amide bonds. The Kier molecular flexibility index (Phi) is 8.65. The Hall–Kier alpha value is -1.71. The van der Waals surface area contributed by atoms with Crippen LogP contribution in [0.25, 0.3) is 5.57 Å². The van der Waals surface area contributed by atoms with E-state index in [0.29, 0.717) is 13.2 Å². The van der Waals surface area contributed by atoms with Gasteiger partial charge in [-0.05, 0) is 51.3 Å². The van der Waals surface area contributed by atoms with Crippen molar-refractivity contribution >= 4 is 13.2 Å². The van der Waals surface area contributed by atoms with E-state index < -0.39 is 7.60 Å². The van der Waals surface area contributed by atoms with Crippen molar-refractivity contribution in [3.05, 3.63) is 77.1 Å². The van der Waals surface area contributed by atoms with Gasteiger partial charge in [-0.25, -0.2) is 0 Å². The Bertz CT molecular complexity index is 790. The van der Waals surface area contributed by atoms with E-state index in [4.69, 9.17) is 9.05 Å². The predicted octanol–water partition coefficient (Wildman–Crippen LogP) is 6.34. The minimum atomic E-state index is -3.37. The molecule has 152 valence electrons. The second-order valence-corrected chi connectivity index (χ2v) is 8.85. The van der Waals surface area contributed by atoms with E-state index in [9.17, 15) is 4.57 Å². The Labute approximate surface area is 169 Å². The summed E-state index contributed by atoms with van der Waals surface area (Å²) in [6.07, 6.45) is 0. The van der Waals surface area contributed by atoms with Crippen molar-refractivity contribution in [2.75, 3.05) is 13.2 Å². The lowest BCUT2D eigenvalue weighted by molar-refractivity contribution is 0.229. The summed E-state index contributed by atoms with van der Waals surface area (Å²) in [6.45, 7) is 10.6. The summed E-state index contributed by atoms with van der Waals surface area (Å²) in [5, 5.41) is 3.62. The zero-order valence-corrected chi connectivity index (χ0v) is 18.4. The first-order chi connectivity index (χ1) is 13.4. The van der Waals surface area contributed by atoms with E-state index in [0.717, 1.165) is 16.7 Å². The summed E-state index contributed by atoms with van der Waals surface area (Å²) in [5.41, 5.74) is 4.18.